The van der Waals surface area contributed by atoms with Gasteiger partial charge in [0.2, 0.25) is 5.82 Å². The van der Waals surface area contributed by atoms with Crippen molar-refractivity contribution in [3.05, 3.63) is 59.7 Å². The second-order valence-corrected chi connectivity index (χ2v) is 5.17. The Morgan fingerprint density at radius 2 is 2.00 bits per heavy atom. The van der Waals surface area contributed by atoms with E-state index in [4.69, 9.17) is 0 Å². The average Bonchev–Trinajstić information content (AvgIpc) is 3.04. The van der Waals surface area contributed by atoms with Crippen molar-refractivity contribution in [1.29, 1.82) is 0 Å². The molecule has 2 aromatic carbocycles. The van der Waals surface area contributed by atoms with Gasteiger partial charge in [0.05, 0.1) is 12.2 Å². The number of carbonyl (C=O) groups is 1. The third kappa shape index (κ3) is 3.26. The predicted molar refractivity (Wildman–Crippen MR) is 88.1 cm³/mol. The maximum atomic E-state index is 12.4. The fraction of sp³-hybridized carbons (Fsp3) is 0.176. The van der Waals surface area contributed by atoms with Crippen molar-refractivity contribution in [2.45, 2.75) is 20.4 Å². The maximum Gasteiger partial charge on any atom is 0.255 e. The van der Waals surface area contributed by atoms with Crippen molar-refractivity contribution in [2.24, 2.45) is 0 Å². The van der Waals surface area contributed by atoms with Gasteiger partial charge in [0.1, 0.15) is 0 Å². The molecule has 0 saturated carbocycles. The van der Waals surface area contributed by atoms with Crippen LogP contribution < -0.4 is 5.32 Å². The van der Waals surface area contributed by atoms with Gasteiger partial charge in [-0.2, -0.15) is 4.80 Å². The summed E-state index contributed by atoms with van der Waals surface area (Å²) in [5, 5.41) is 15.2. The molecule has 1 amide bonds. The van der Waals surface area contributed by atoms with Crippen molar-refractivity contribution in [3.63, 3.8) is 0 Å². The maximum absolute atomic E-state index is 12.4. The second kappa shape index (κ2) is 6.39. The van der Waals surface area contributed by atoms with Crippen molar-refractivity contribution < 1.29 is 4.79 Å². The standard InChI is InChI=1S/C17H17N5O/c1-3-22-20-16(19-21-22)14-9-4-5-10-15(14)18-17(23)13-8-6-7-12(2)11-13/h4-11H,3H2,1-2H3,(H,18,23). The lowest BCUT2D eigenvalue weighted by atomic mass is 10.1. The number of para-hydroxylation sites is 1. The molecule has 0 atom stereocenters. The summed E-state index contributed by atoms with van der Waals surface area (Å²) in [4.78, 5) is 13.9. The predicted octanol–water partition coefficient (Wildman–Crippen LogP) is 2.92. The minimum absolute atomic E-state index is 0.163. The van der Waals surface area contributed by atoms with Gasteiger partial charge >= 0.3 is 0 Å². The SMILES string of the molecule is CCn1nnc(-c2ccccc2NC(=O)c2cccc(C)c2)n1. The molecule has 6 nitrogen and oxygen atoms in total. The summed E-state index contributed by atoms with van der Waals surface area (Å²) in [5.74, 6) is 0.330. The number of hydrogen-bond acceptors (Lipinski definition) is 4. The molecule has 6 heteroatoms. The first-order valence-electron chi connectivity index (χ1n) is 7.42. The normalized spacial score (nSPS) is 10.5. The number of anilines is 1. The number of hydrogen-bond donors (Lipinski definition) is 1. The van der Waals surface area contributed by atoms with Crippen LogP contribution in [-0.4, -0.2) is 26.1 Å². The summed E-state index contributed by atoms with van der Waals surface area (Å²) in [7, 11) is 0. The van der Waals surface area contributed by atoms with E-state index < -0.39 is 0 Å². The summed E-state index contributed by atoms with van der Waals surface area (Å²) >= 11 is 0. The first-order chi connectivity index (χ1) is 11.2. The summed E-state index contributed by atoms with van der Waals surface area (Å²) < 4.78 is 0. The van der Waals surface area contributed by atoms with Crippen molar-refractivity contribution >= 4 is 11.6 Å². The van der Waals surface area contributed by atoms with Crippen LogP contribution in [-0.2, 0) is 6.54 Å². The van der Waals surface area contributed by atoms with Gasteiger partial charge in [-0.25, -0.2) is 0 Å². The lowest BCUT2D eigenvalue weighted by Crippen LogP contribution is -2.12. The van der Waals surface area contributed by atoms with Gasteiger partial charge in [-0.05, 0) is 43.3 Å². The molecule has 1 aromatic heterocycles. The van der Waals surface area contributed by atoms with E-state index >= 15 is 0 Å². The van der Waals surface area contributed by atoms with E-state index in [2.05, 4.69) is 20.7 Å². The van der Waals surface area contributed by atoms with E-state index in [0.29, 0.717) is 23.6 Å². The molecule has 0 unspecified atom stereocenters. The van der Waals surface area contributed by atoms with E-state index in [-0.39, 0.29) is 5.91 Å². The average molecular weight is 307 g/mol. The molecule has 1 heterocycles. The zero-order chi connectivity index (χ0) is 16.2. The van der Waals surface area contributed by atoms with Crippen LogP contribution in [0.1, 0.15) is 22.8 Å². The topological polar surface area (TPSA) is 72.7 Å². The minimum atomic E-state index is -0.163. The van der Waals surface area contributed by atoms with E-state index in [1.54, 1.807) is 6.07 Å². The van der Waals surface area contributed by atoms with Gasteiger partial charge in [-0.15, -0.1) is 10.2 Å². The molecule has 0 aliphatic rings. The molecule has 0 aliphatic carbocycles. The summed E-state index contributed by atoms with van der Waals surface area (Å²) in [5.41, 5.74) is 3.06. The van der Waals surface area contributed by atoms with Crippen LogP contribution in [0.2, 0.25) is 0 Å². The highest BCUT2D eigenvalue weighted by molar-refractivity contribution is 6.06. The number of nitrogens with zero attached hydrogens (tertiary/aromatic N) is 4. The highest BCUT2D eigenvalue weighted by atomic mass is 16.1. The van der Waals surface area contributed by atoms with Crippen molar-refractivity contribution in [1.82, 2.24) is 20.2 Å². The highest BCUT2D eigenvalue weighted by Gasteiger charge is 2.13. The van der Waals surface area contributed by atoms with Gasteiger partial charge in [0.15, 0.2) is 0 Å². The molecule has 23 heavy (non-hydrogen) atoms. The smallest absolute Gasteiger partial charge is 0.255 e. The molecule has 0 spiro atoms. The number of rotatable bonds is 4. The second-order valence-electron chi connectivity index (χ2n) is 5.17. The Hall–Kier alpha value is -3.02. The molecule has 0 fully saturated rings. The fourth-order valence-corrected chi connectivity index (χ4v) is 2.25. The molecule has 1 N–H and O–H groups in total. The van der Waals surface area contributed by atoms with Gasteiger partial charge in [-0.3, -0.25) is 4.79 Å². The Kier molecular flexibility index (Phi) is 4.14. The lowest BCUT2D eigenvalue weighted by Gasteiger charge is -2.09. The third-order valence-corrected chi connectivity index (χ3v) is 3.43. The molecule has 0 aliphatic heterocycles. The van der Waals surface area contributed by atoms with E-state index in [1.807, 2.05) is 56.3 Å². The first-order valence-corrected chi connectivity index (χ1v) is 7.42. The third-order valence-electron chi connectivity index (χ3n) is 3.43. The monoisotopic (exact) mass is 307 g/mol. The zero-order valence-electron chi connectivity index (χ0n) is 13.0. The molecule has 3 rings (SSSR count). The van der Waals surface area contributed by atoms with Crippen molar-refractivity contribution in [2.75, 3.05) is 5.32 Å². The number of nitrogens with one attached hydrogen (secondary N) is 1. The number of benzene rings is 2. The van der Waals surface area contributed by atoms with Crippen LogP contribution in [0, 0.1) is 6.92 Å². The van der Waals surface area contributed by atoms with Gasteiger partial charge in [0.25, 0.3) is 5.91 Å². The largest absolute Gasteiger partial charge is 0.321 e. The Bertz CT molecular complexity index is 840. The van der Waals surface area contributed by atoms with Gasteiger partial charge in [0, 0.05) is 11.1 Å². The first kappa shape index (κ1) is 14.9. The molecule has 3 aromatic rings. The lowest BCUT2D eigenvalue weighted by molar-refractivity contribution is 0.102. The number of aromatic nitrogens is 4. The Balaban J connectivity index is 1.90. The van der Waals surface area contributed by atoms with Crippen LogP contribution in [0.15, 0.2) is 48.5 Å². The highest BCUT2D eigenvalue weighted by Crippen LogP contribution is 2.24. The van der Waals surface area contributed by atoms with Crippen LogP contribution in [0.25, 0.3) is 11.4 Å². The number of amides is 1. The summed E-state index contributed by atoms with van der Waals surface area (Å²) in [6, 6.07) is 14.9. The van der Waals surface area contributed by atoms with Crippen LogP contribution >= 0.6 is 0 Å². The van der Waals surface area contributed by atoms with E-state index in [1.165, 1.54) is 4.80 Å². The van der Waals surface area contributed by atoms with Gasteiger partial charge in [-0.1, -0.05) is 29.8 Å². The molecule has 0 saturated heterocycles. The van der Waals surface area contributed by atoms with Gasteiger partial charge < -0.3 is 5.32 Å². The molecule has 0 bridgehead atoms. The fourth-order valence-electron chi connectivity index (χ4n) is 2.25. The molecule has 0 radical (unpaired) electrons. The molecular weight excluding hydrogens is 290 g/mol. The Morgan fingerprint density at radius 1 is 1.17 bits per heavy atom. The van der Waals surface area contributed by atoms with Crippen LogP contribution in [0.3, 0.4) is 0 Å². The zero-order valence-corrected chi connectivity index (χ0v) is 13.0. The quantitative estimate of drug-likeness (QED) is 0.804. The Morgan fingerprint density at radius 3 is 2.74 bits per heavy atom. The minimum Gasteiger partial charge on any atom is -0.321 e. The molecular formula is C17H17N5O. The van der Waals surface area contributed by atoms with E-state index in [0.717, 1.165) is 11.1 Å². The summed E-state index contributed by atoms with van der Waals surface area (Å²) in [6.07, 6.45) is 0. The van der Waals surface area contributed by atoms with E-state index in [9.17, 15) is 4.79 Å². The van der Waals surface area contributed by atoms with Crippen molar-refractivity contribution in [3.8, 4) is 11.4 Å². The van der Waals surface area contributed by atoms with Crippen LogP contribution in [0.5, 0.6) is 0 Å². The molecule has 116 valence electrons. The Labute approximate surface area is 134 Å². The number of tetrazole rings is 1. The summed E-state index contributed by atoms with van der Waals surface area (Å²) in [6.45, 7) is 4.54. The number of aryl methyl sites for hydroxylation is 2. The van der Waals surface area contributed by atoms with Crippen LogP contribution in [0.4, 0.5) is 5.69 Å². The number of carbonyl (C=O) groups excluding carboxylic acids is 1.